The average molecular weight is 472 g/mol. The lowest BCUT2D eigenvalue weighted by atomic mass is 9.89. The molecule has 1 aliphatic heterocycles. The Hall–Kier alpha value is -2.40. The molecule has 4 nitrogen and oxygen atoms in total. The van der Waals surface area contributed by atoms with E-state index >= 15 is 0 Å². The van der Waals surface area contributed by atoms with Gasteiger partial charge in [0.15, 0.2) is 11.5 Å². The van der Waals surface area contributed by atoms with Crippen LogP contribution in [-0.2, 0) is 19.3 Å². The van der Waals surface area contributed by atoms with Crippen molar-refractivity contribution in [1.29, 1.82) is 0 Å². The second kappa shape index (κ2) is 9.62. The summed E-state index contributed by atoms with van der Waals surface area (Å²) in [5, 5.41) is 12.5. The van der Waals surface area contributed by atoms with Crippen molar-refractivity contribution in [2.24, 2.45) is 0 Å². The Labute approximate surface area is 199 Å². The lowest BCUT2D eigenvalue weighted by Gasteiger charge is -2.29. The summed E-state index contributed by atoms with van der Waals surface area (Å²) >= 11 is 13.0. The van der Waals surface area contributed by atoms with Crippen molar-refractivity contribution < 1.29 is 14.6 Å². The topological polar surface area (TPSA) is 41.9 Å². The molecule has 0 aliphatic carbocycles. The number of halogens is 2. The molecule has 4 rings (SSSR count). The second-order valence-electron chi connectivity index (χ2n) is 8.17. The quantitative estimate of drug-likeness (QED) is 0.504. The first-order valence-corrected chi connectivity index (χ1v) is 11.4. The van der Waals surface area contributed by atoms with Crippen LogP contribution in [0.15, 0.2) is 48.5 Å². The van der Waals surface area contributed by atoms with E-state index in [1.165, 1.54) is 0 Å². The van der Waals surface area contributed by atoms with E-state index in [1.54, 1.807) is 14.2 Å². The standard InChI is InChI=1S/C26H27Cl2NO3/c1-29-12-11-16-7-9-19(31-2)15-20(16)25-17(8-10-24(32-3)26(25)30)13-18(29)14-21-22(27)5-4-6-23(21)28/h4-10,15,18,30H,11-14H2,1-3H3. The highest BCUT2D eigenvalue weighted by Gasteiger charge is 2.26. The van der Waals surface area contributed by atoms with Crippen LogP contribution >= 0.6 is 23.2 Å². The minimum Gasteiger partial charge on any atom is -0.504 e. The molecule has 0 saturated carbocycles. The number of fused-ring (bicyclic) bond motifs is 3. The van der Waals surface area contributed by atoms with Crippen LogP contribution in [0, 0.1) is 0 Å². The number of phenols is 1. The van der Waals surface area contributed by atoms with Crippen LogP contribution in [0.5, 0.6) is 17.2 Å². The minimum atomic E-state index is 0.148. The molecule has 1 aliphatic rings. The fourth-order valence-electron chi connectivity index (χ4n) is 4.46. The highest BCUT2D eigenvalue weighted by Crippen LogP contribution is 2.44. The van der Waals surface area contributed by atoms with E-state index in [2.05, 4.69) is 18.0 Å². The van der Waals surface area contributed by atoms with Gasteiger partial charge in [-0.3, -0.25) is 0 Å². The Morgan fingerprint density at radius 3 is 2.41 bits per heavy atom. The number of nitrogens with zero attached hydrogens (tertiary/aromatic N) is 1. The maximum absolute atomic E-state index is 11.2. The van der Waals surface area contributed by atoms with Crippen molar-refractivity contribution in [2.75, 3.05) is 27.8 Å². The number of hydrogen-bond donors (Lipinski definition) is 1. The van der Waals surface area contributed by atoms with Gasteiger partial charge in [0.25, 0.3) is 0 Å². The molecule has 168 valence electrons. The van der Waals surface area contributed by atoms with E-state index in [9.17, 15) is 5.11 Å². The summed E-state index contributed by atoms with van der Waals surface area (Å²) in [6.07, 6.45) is 2.27. The number of aromatic hydroxyl groups is 1. The van der Waals surface area contributed by atoms with Gasteiger partial charge in [-0.15, -0.1) is 0 Å². The van der Waals surface area contributed by atoms with Crippen molar-refractivity contribution in [3.05, 3.63) is 75.3 Å². The molecule has 1 heterocycles. The van der Waals surface area contributed by atoms with Crippen LogP contribution in [-0.4, -0.2) is 43.9 Å². The Morgan fingerprint density at radius 1 is 1.00 bits per heavy atom. The summed E-state index contributed by atoms with van der Waals surface area (Å²) in [4.78, 5) is 2.35. The van der Waals surface area contributed by atoms with Crippen LogP contribution in [0.4, 0.5) is 0 Å². The fraction of sp³-hybridized carbons (Fsp3) is 0.308. The van der Waals surface area contributed by atoms with Gasteiger partial charge in [-0.2, -0.15) is 0 Å². The third kappa shape index (κ3) is 4.40. The molecule has 0 saturated heterocycles. The highest BCUT2D eigenvalue weighted by atomic mass is 35.5. The number of ether oxygens (including phenoxy) is 2. The molecule has 0 aromatic heterocycles. The van der Waals surface area contributed by atoms with Gasteiger partial charge in [0.2, 0.25) is 0 Å². The molecule has 0 bridgehead atoms. The molecule has 1 unspecified atom stereocenters. The van der Waals surface area contributed by atoms with Crippen LogP contribution < -0.4 is 9.47 Å². The van der Waals surface area contributed by atoms with Crippen molar-refractivity contribution in [3.63, 3.8) is 0 Å². The zero-order chi connectivity index (χ0) is 22.8. The lowest BCUT2D eigenvalue weighted by Crippen LogP contribution is -2.36. The Kier molecular flexibility index (Phi) is 6.85. The number of rotatable bonds is 4. The van der Waals surface area contributed by atoms with E-state index in [-0.39, 0.29) is 11.8 Å². The molecule has 6 heteroatoms. The first-order chi connectivity index (χ1) is 15.4. The summed E-state index contributed by atoms with van der Waals surface area (Å²) in [6.45, 7) is 0.859. The van der Waals surface area contributed by atoms with E-state index < -0.39 is 0 Å². The van der Waals surface area contributed by atoms with Crippen LogP contribution in [0.3, 0.4) is 0 Å². The SMILES string of the molecule is COc1ccc2c(c1)-c1c(ccc(OC)c1O)CC(Cc1c(Cl)cccc1Cl)N(C)CC2. The van der Waals surface area contributed by atoms with Crippen molar-refractivity contribution in [3.8, 4) is 28.4 Å². The molecule has 1 atom stereocenters. The van der Waals surface area contributed by atoms with Crippen molar-refractivity contribution >= 4 is 23.2 Å². The summed E-state index contributed by atoms with van der Waals surface area (Å²) in [6, 6.07) is 15.7. The Morgan fingerprint density at radius 2 is 1.72 bits per heavy atom. The maximum Gasteiger partial charge on any atom is 0.165 e. The molecule has 0 fully saturated rings. The number of hydrogen-bond acceptors (Lipinski definition) is 4. The average Bonchev–Trinajstić information content (AvgIpc) is 2.84. The van der Waals surface area contributed by atoms with E-state index in [0.717, 1.165) is 53.0 Å². The monoisotopic (exact) mass is 471 g/mol. The van der Waals surface area contributed by atoms with Crippen LogP contribution in [0.25, 0.3) is 11.1 Å². The summed E-state index contributed by atoms with van der Waals surface area (Å²) in [5.74, 6) is 1.36. The highest BCUT2D eigenvalue weighted by molar-refractivity contribution is 6.36. The van der Waals surface area contributed by atoms with Gasteiger partial charge in [-0.05, 0) is 78.9 Å². The normalized spacial score (nSPS) is 16.3. The van der Waals surface area contributed by atoms with Gasteiger partial charge in [0.05, 0.1) is 14.2 Å². The van der Waals surface area contributed by atoms with Crippen LogP contribution in [0.1, 0.15) is 16.7 Å². The van der Waals surface area contributed by atoms with Crippen molar-refractivity contribution in [2.45, 2.75) is 25.3 Å². The zero-order valence-corrected chi connectivity index (χ0v) is 20.0. The molecular weight excluding hydrogens is 445 g/mol. The molecule has 0 amide bonds. The smallest absolute Gasteiger partial charge is 0.165 e. The summed E-state index contributed by atoms with van der Waals surface area (Å²) in [5.41, 5.74) is 4.91. The van der Waals surface area contributed by atoms with E-state index in [1.807, 2.05) is 42.5 Å². The third-order valence-electron chi connectivity index (χ3n) is 6.35. The van der Waals surface area contributed by atoms with Gasteiger partial charge in [0.1, 0.15) is 5.75 Å². The van der Waals surface area contributed by atoms with Gasteiger partial charge in [-0.1, -0.05) is 41.4 Å². The lowest BCUT2D eigenvalue weighted by molar-refractivity contribution is 0.242. The predicted molar refractivity (Wildman–Crippen MR) is 131 cm³/mol. The molecule has 3 aromatic rings. The van der Waals surface area contributed by atoms with Gasteiger partial charge in [0, 0.05) is 28.2 Å². The van der Waals surface area contributed by atoms with Gasteiger partial charge < -0.3 is 19.5 Å². The molecule has 0 spiro atoms. The summed E-state index contributed by atoms with van der Waals surface area (Å²) in [7, 11) is 5.35. The predicted octanol–water partition coefficient (Wildman–Crippen LogP) is 6.02. The van der Waals surface area contributed by atoms with Crippen LogP contribution in [0.2, 0.25) is 10.0 Å². The first kappa shape index (κ1) is 22.8. The Bertz CT molecular complexity index is 1110. The van der Waals surface area contributed by atoms with Crippen molar-refractivity contribution in [1.82, 2.24) is 4.90 Å². The maximum atomic E-state index is 11.2. The molecule has 3 aromatic carbocycles. The van der Waals surface area contributed by atoms with E-state index in [4.69, 9.17) is 32.7 Å². The Balaban J connectivity index is 1.85. The number of benzene rings is 3. The zero-order valence-electron chi connectivity index (χ0n) is 18.5. The second-order valence-corrected chi connectivity index (χ2v) is 8.98. The third-order valence-corrected chi connectivity index (χ3v) is 7.06. The summed E-state index contributed by atoms with van der Waals surface area (Å²) < 4.78 is 10.9. The number of methoxy groups -OCH3 is 2. The fourth-order valence-corrected chi connectivity index (χ4v) is 5.01. The number of likely N-dealkylation sites (N-methyl/N-ethyl adjacent to an activating group) is 1. The minimum absolute atomic E-state index is 0.148. The number of phenolic OH excluding ortho intramolecular Hbond substituents is 1. The first-order valence-electron chi connectivity index (χ1n) is 10.6. The molecule has 0 radical (unpaired) electrons. The van der Waals surface area contributed by atoms with Gasteiger partial charge >= 0.3 is 0 Å². The van der Waals surface area contributed by atoms with Gasteiger partial charge in [-0.25, -0.2) is 0 Å². The molecule has 32 heavy (non-hydrogen) atoms. The largest absolute Gasteiger partial charge is 0.504 e. The molecular formula is C26H27Cl2NO3. The van der Waals surface area contributed by atoms with E-state index in [0.29, 0.717) is 22.2 Å². The molecule has 1 N–H and O–H groups in total.